The standard InChI is InChI=1S/C25H32N2O2S/c1-4-5-6-7-12-23(28)26-20-15-13-19(14-16-20)25-27(24(29)17-30-25)22-11-9-8-10-21(22)18(2)3/h8-11,13-16,18,25H,4-7,12,17H2,1-3H3,(H,26,28)/t25-/m1/s1. The lowest BCUT2D eigenvalue weighted by atomic mass is 10.00. The molecule has 4 nitrogen and oxygen atoms in total. The van der Waals surface area contributed by atoms with Crippen molar-refractivity contribution < 1.29 is 9.59 Å². The van der Waals surface area contributed by atoms with E-state index in [9.17, 15) is 9.59 Å². The Labute approximate surface area is 184 Å². The van der Waals surface area contributed by atoms with Gasteiger partial charge in [0.2, 0.25) is 11.8 Å². The summed E-state index contributed by atoms with van der Waals surface area (Å²) in [6.07, 6.45) is 4.94. The van der Waals surface area contributed by atoms with Gasteiger partial charge in [-0.05, 0) is 41.7 Å². The van der Waals surface area contributed by atoms with Crippen LogP contribution in [0.1, 0.15) is 75.3 Å². The zero-order valence-corrected chi connectivity index (χ0v) is 19.0. The van der Waals surface area contributed by atoms with Crippen molar-refractivity contribution in [3.8, 4) is 0 Å². The summed E-state index contributed by atoms with van der Waals surface area (Å²) in [6, 6.07) is 16.1. The molecule has 0 bridgehead atoms. The van der Waals surface area contributed by atoms with Gasteiger partial charge in [0.1, 0.15) is 5.37 Å². The molecule has 1 aliphatic rings. The molecule has 2 amide bonds. The number of amides is 2. The molecule has 160 valence electrons. The molecule has 1 N–H and O–H groups in total. The minimum atomic E-state index is -0.0452. The van der Waals surface area contributed by atoms with Gasteiger partial charge in [-0.2, -0.15) is 0 Å². The lowest BCUT2D eigenvalue weighted by Crippen LogP contribution is -2.29. The maximum absolute atomic E-state index is 12.7. The predicted octanol–water partition coefficient (Wildman–Crippen LogP) is 6.50. The number of hydrogen-bond donors (Lipinski definition) is 1. The van der Waals surface area contributed by atoms with Crippen LogP contribution in [-0.4, -0.2) is 17.6 Å². The molecule has 1 atom stereocenters. The van der Waals surface area contributed by atoms with Crippen LogP contribution in [-0.2, 0) is 9.59 Å². The highest BCUT2D eigenvalue weighted by Crippen LogP contribution is 2.44. The van der Waals surface area contributed by atoms with Crippen LogP contribution in [0.5, 0.6) is 0 Å². The van der Waals surface area contributed by atoms with Crippen molar-refractivity contribution in [1.82, 2.24) is 0 Å². The molecule has 0 aromatic heterocycles. The fraction of sp³-hybridized carbons (Fsp3) is 0.440. The van der Waals surface area contributed by atoms with Gasteiger partial charge in [0.05, 0.1) is 5.75 Å². The van der Waals surface area contributed by atoms with Crippen LogP contribution in [0.15, 0.2) is 48.5 Å². The number of nitrogens with zero attached hydrogens (tertiary/aromatic N) is 1. The number of nitrogens with one attached hydrogen (secondary N) is 1. The molecule has 1 heterocycles. The van der Waals surface area contributed by atoms with Crippen LogP contribution in [0.2, 0.25) is 0 Å². The van der Waals surface area contributed by atoms with Crippen LogP contribution < -0.4 is 10.2 Å². The van der Waals surface area contributed by atoms with Crippen LogP contribution in [0.25, 0.3) is 0 Å². The Morgan fingerprint density at radius 2 is 1.83 bits per heavy atom. The average molecular weight is 425 g/mol. The van der Waals surface area contributed by atoms with E-state index >= 15 is 0 Å². The molecular weight excluding hydrogens is 392 g/mol. The monoisotopic (exact) mass is 424 g/mol. The van der Waals surface area contributed by atoms with Crippen molar-refractivity contribution >= 4 is 35.0 Å². The molecule has 2 aromatic carbocycles. The normalized spacial score (nSPS) is 16.3. The van der Waals surface area contributed by atoms with Crippen molar-refractivity contribution in [3.05, 3.63) is 59.7 Å². The van der Waals surface area contributed by atoms with Gasteiger partial charge < -0.3 is 5.32 Å². The van der Waals surface area contributed by atoms with Crippen LogP contribution >= 0.6 is 11.8 Å². The molecule has 1 aliphatic heterocycles. The summed E-state index contributed by atoms with van der Waals surface area (Å²) < 4.78 is 0. The fourth-order valence-electron chi connectivity index (χ4n) is 3.79. The quantitative estimate of drug-likeness (QED) is 0.468. The first-order valence-electron chi connectivity index (χ1n) is 10.9. The number of unbranched alkanes of at least 4 members (excludes halogenated alkanes) is 3. The Morgan fingerprint density at radius 1 is 1.10 bits per heavy atom. The van der Waals surface area contributed by atoms with Gasteiger partial charge in [-0.3, -0.25) is 14.5 Å². The lowest BCUT2D eigenvalue weighted by molar-refractivity contribution is -0.116. The third kappa shape index (κ3) is 5.45. The first kappa shape index (κ1) is 22.4. The molecule has 0 unspecified atom stereocenters. The van der Waals surface area contributed by atoms with Gasteiger partial charge in [0.15, 0.2) is 0 Å². The Bertz CT molecular complexity index is 864. The number of anilines is 2. The number of para-hydroxylation sites is 1. The third-order valence-electron chi connectivity index (χ3n) is 5.42. The number of rotatable bonds is 9. The molecule has 0 saturated carbocycles. The summed E-state index contributed by atoms with van der Waals surface area (Å²) in [4.78, 5) is 26.8. The van der Waals surface area contributed by atoms with E-state index in [1.807, 2.05) is 47.4 Å². The van der Waals surface area contributed by atoms with E-state index in [1.165, 1.54) is 18.4 Å². The predicted molar refractivity (Wildman–Crippen MR) is 127 cm³/mol. The van der Waals surface area contributed by atoms with Crippen LogP contribution in [0.4, 0.5) is 11.4 Å². The van der Waals surface area contributed by atoms with Crippen molar-refractivity contribution in [2.45, 2.75) is 64.2 Å². The second kappa shape index (κ2) is 10.7. The van der Waals surface area contributed by atoms with Gasteiger partial charge in [-0.15, -0.1) is 11.8 Å². The van der Waals surface area contributed by atoms with E-state index < -0.39 is 0 Å². The van der Waals surface area contributed by atoms with Gasteiger partial charge in [0.25, 0.3) is 0 Å². The smallest absolute Gasteiger partial charge is 0.238 e. The minimum Gasteiger partial charge on any atom is -0.326 e. The van der Waals surface area contributed by atoms with Crippen molar-refractivity contribution in [2.75, 3.05) is 16.0 Å². The summed E-state index contributed by atoms with van der Waals surface area (Å²) in [5.74, 6) is 1.03. The summed E-state index contributed by atoms with van der Waals surface area (Å²) in [7, 11) is 0. The first-order chi connectivity index (χ1) is 14.5. The molecule has 0 aliphatic carbocycles. The van der Waals surface area contributed by atoms with Crippen LogP contribution in [0.3, 0.4) is 0 Å². The summed E-state index contributed by atoms with van der Waals surface area (Å²) in [6.45, 7) is 6.48. The zero-order chi connectivity index (χ0) is 21.5. The SMILES string of the molecule is CCCCCCC(=O)Nc1ccc([C@H]2SCC(=O)N2c2ccccc2C(C)C)cc1. The molecule has 1 fully saturated rings. The third-order valence-corrected chi connectivity index (χ3v) is 6.64. The summed E-state index contributed by atoms with van der Waals surface area (Å²) in [5.41, 5.74) is 4.07. The summed E-state index contributed by atoms with van der Waals surface area (Å²) >= 11 is 1.65. The minimum absolute atomic E-state index is 0.0452. The topological polar surface area (TPSA) is 49.4 Å². The van der Waals surface area contributed by atoms with Gasteiger partial charge in [-0.25, -0.2) is 0 Å². The summed E-state index contributed by atoms with van der Waals surface area (Å²) in [5, 5.41) is 2.94. The van der Waals surface area contributed by atoms with Gasteiger partial charge in [-0.1, -0.05) is 70.4 Å². The van der Waals surface area contributed by atoms with Crippen molar-refractivity contribution in [2.24, 2.45) is 0 Å². The first-order valence-corrected chi connectivity index (χ1v) is 12.0. The number of benzene rings is 2. The number of carbonyl (C=O) groups is 2. The number of thioether (sulfide) groups is 1. The lowest BCUT2D eigenvalue weighted by Gasteiger charge is -2.27. The molecule has 0 spiro atoms. The van der Waals surface area contributed by atoms with E-state index in [0.29, 0.717) is 18.1 Å². The average Bonchev–Trinajstić information content (AvgIpc) is 3.13. The number of hydrogen-bond acceptors (Lipinski definition) is 3. The van der Waals surface area contributed by atoms with Gasteiger partial charge >= 0.3 is 0 Å². The fourth-order valence-corrected chi connectivity index (χ4v) is 4.96. The molecule has 30 heavy (non-hydrogen) atoms. The number of carbonyl (C=O) groups excluding carboxylic acids is 2. The zero-order valence-electron chi connectivity index (χ0n) is 18.2. The largest absolute Gasteiger partial charge is 0.326 e. The highest BCUT2D eigenvalue weighted by atomic mass is 32.2. The molecule has 2 aromatic rings. The maximum atomic E-state index is 12.7. The van der Waals surface area contributed by atoms with Crippen molar-refractivity contribution in [1.29, 1.82) is 0 Å². The van der Waals surface area contributed by atoms with Gasteiger partial charge in [0, 0.05) is 17.8 Å². The second-order valence-corrected chi connectivity index (χ2v) is 9.19. The Balaban J connectivity index is 1.71. The van der Waals surface area contributed by atoms with E-state index in [-0.39, 0.29) is 17.2 Å². The van der Waals surface area contributed by atoms with Crippen molar-refractivity contribution in [3.63, 3.8) is 0 Å². The van der Waals surface area contributed by atoms with E-state index in [4.69, 9.17) is 0 Å². The van der Waals surface area contributed by atoms with Crippen LogP contribution in [0, 0.1) is 0 Å². The Morgan fingerprint density at radius 3 is 2.53 bits per heavy atom. The Hall–Kier alpha value is -2.27. The highest BCUT2D eigenvalue weighted by Gasteiger charge is 2.35. The van der Waals surface area contributed by atoms with E-state index in [2.05, 4.69) is 32.2 Å². The molecule has 5 heteroatoms. The second-order valence-electron chi connectivity index (χ2n) is 8.12. The molecule has 0 radical (unpaired) electrons. The highest BCUT2D eigenvalue weighted by molar-refractivity contribution is 8.00. The molecule has 3 rings (SSSR count). The van der Waals surface area contributed by atoms with E-state index in [0.717, 1.165) is 29.8 Å². The van der Waals surface area contributed by atoms with E-state index in [1.54, 1.807) is 11.8 Å². The Kier molecular flexibility index (Phi) is 7.97. The maximum Gasteiger partial charge on any atom is 0.238 e. The molecular formula is C25H32N2O2S. The molecule has 1 saturated heterocycles.